The lowest BCUT2D eigenvalue weighted by molar-refractivity contribution is 0.159. The summed E-state index contributed by atoms with van der Waals surface area (Å²) >= 11 is 0. The average molecular weight is 281 g/mol. The van der Waals surface area contributed by atoms with Crippen molar-refractivity contribution < 1.29 is 19.7 Å². The summed E-state index contributed by atoms with van der Waals surface area (Å²) in [6, 6.07) is 7.07. The number of amides is 1. The molecule has 112 valence electrons. The Labute approximate surface area is 119 Å². The largest absolute Gasteiger partial charge is 0.493 e. The van der Waals surface area contributed by atoms with Gasteiger partial charge in [0.05, 0.1) is 19.3 Å². The highest BCUT2D eigenvalue weighted by molar-refractivity contribution is 5.64. The van der Waals surface area contributed by atoms with Crippen molar-refractivity contribution in [2.24, 2.45) is 5.92 Å². The summed E-state index contributed by atoms with van der Waals surface area (Å²) in [7, 11) is 0. The van der Waals surface area contributed by atoms with E-state index < -0.39 is 12.2 Å². The third-order valence-electron chi connectivity index (χ3n) is 3.03. The van der Waals surface area contributed by atoms with E-state index in [1.165, 1.54) is 0 Å². The standard InChI is InChI=1S/C15H23NO4/c1-3-4-11(2)10-20-13-7-5-12(6-8-13)14(17)9-16-15(18)19/h5-8,11,14,16-17H,3-4,9-10H2,1-2H3,(H,18,19)/t11?,14-/m1/s1. The predicted octanol–water partition coefficient (Wildman–Crippen LogP) is 2.80. The normalized spacial score (nSPS) is 13.6. The zero-order valence-electron chi connectivity index (χ0n) is 12.0. The Morgan fingerprint density at radius 3 is 2.55 bits per heavy atom. The van der Waals surface area contributed by atoms with Crippen molar-refractivity contribution in [3.63, 3.8) is 0 Å². The summed E-state index contributed by atoms with van der Waals surface area (Å²) in [5.74, 6) is 1.28. The second-order valence-electron chi connectivity index (χ2n) is 4.98. The van der Waals surface area contributed by atoms with Crippen molar-refractivity contribution in [2.75, 3.05) is 13.2 Å². The van der Waals surface area contributed by atoms with Crippen LogP contribution in [0.1, 0.15) is 38.4 Å². The molecule has 0 saturated heterocycles. The van der Waals surface area contributed by atoms with Gasteiger partial charge in [-0.25, -0.2) is 4.79 Å². The maximum atomic E-state index is 10.3. The number of aliphatic hydroxyl groups excluding tert-OH is 1. The zero-order valence-corrected chi connectivity index (χ0v) is 12.0. The minimum atomic E-state index is -1.14. The molecular formula is C15H23NO4. The average Bonchev–Trinajstić information content (AvgIpc) is 2.43. The quantitative estimate of drug-likeness (QED) is 0.684. The lowest BCUT2D eigenvalue weighted by Crippen LogP contribution is -2.26. The van der Waals surface area contributed by atoms with Crippen LogP contribution in [0.15, 0.2) is 24.3 Å². The van der Waals surface area contributed by atoms with Crippen LogP contribution in [-0.4, -0.2) is 29.5 Å². The Bertz CT molecular complexity index is 405. The highest BCUT2D eigenvalue weighted by Crippen LogP contribution is 2.18. The van der Waals surface area contributed by atoms with E-state index in [1.54, 1.807) is 24.3 Å². The number of carbonyl (C=O) groups is 1. The third-order valence-corrected chi connectivity index (χ3v) is 3.03. The number of hydrogen-bond donors (Lipinski definition) is 3. The second-order valence-corrected chi connectivity index (χ2v) is 4.98. The SMILES string of the molecule is CCCC(C)COc1ccc([C@H](O)CNC(=O)O)cc1. The fourth-order valence-electron chi connectivity index (χ4n) is 1.90. The molecule has 1 aromatic carbocycles. The van der Waals surface area contributed by atoms with Gasteiger partial charge in [0, 0.05) is 0 Å². The van der Waals surface area contributed by atoms with Gasteiger partial charge in [0.15, 0.2) is 0 Å². The van der Waals surface area contributed by atoms with E-state index in [-0.39, 0.29) is 6.54 Å². The van der Waals surface area contributed by atoms with Gasteiger partial charge in [0.2, 0.25) is 0 Å². The monoisotopic (exact) mass is 281 g/mol. The zero-order chi connectivity index (χ0) is 15.0. The molecule has 0 radical (unpaired) electrons. The van der Waals surface area contributed by atoms with Crippen LogP contribution in [0.2, 0.25) is 0 Å². The van der Waals surface area contributed by atoms with Gasteiger partial charge in [-0.15, -0.1) is 0 Å². The predicted molar refractivity (Wildman–Crippen MR) is 77.0 cm³/mol. The van der Waals surface area contributed by atoms with Crippen molar-refractivity contribution in [1.29, 1.82) is 0 Å². The van der Waals surface area contributed by atoms with Gasteiger partial charge in [-0.1, -0.05) is 32.4 Å². The third kappa shape index (κ3) is 5.93. The van der Waals surface area contributed by atoms with Gasteiger partial charge in [0.1, 0.15) is 5.75 Å². The number of ether oxygens (including phenoxy) is 1. The first kappa shape index (κ1) is 16.3. The number of benzene rings is 1. The molecule has 0 heterocycles. The van der Waals surface area contributed by atoms with Gasteiger partial charge < -0.3 is 20.3 Å². The van der Waals surface area contributed by atoms with Crippen LogP contribution in [0.3, 0.4) is 0 Å². The highest BCUT2D eigenvalue weighted by atomic mass is 16.5. The molecular weight excluding hydrogens is 258 g/mol. The summed E-state index contributed by atoms with van der Waals surface area (Å²) in [5, 5.41) is 20.4. The molecule has 0 aliphatic carbocycles. The number of nitrogens with one attached hydrogen (secondary N) is 1. The highest BCUT2D eigenvalue weighted by Gasteiger charge is 2.09. The minimum Gasteiger partial charge on any atom is -0.493 e. The Kier molecular flexibility index (Phi) is 6.87. The van der Waals surface area contributed by atoms with Crippen LogP contribution in [-0.2, 0) is 0 Å². The van der Waals surface area contributed by atoms with Crippen molar-refractivity contribution >= 4 is 6.09 Å². The molecule has 5 heteroatoms. The van der Waals surface area contributed by atoms with Crippen LogP contribution in [0, 0.1) is 5.92 Å². The maximum Gasteiger partial charge on any atom is 0.404 e. The molecule has 3 N–H and O–H groups in total. The molecule has 1 amide bonds. The number of hydrogen-bond acceptors (Lipinski definition) is 3. The van der Waals surface area contributed by atoms with Crippen molar-refractivity contribution in [3.05, 3.63) is 29.8 Å². The molecule has 0 aromatic heterocycles. The molecule has 1 aromatic rings. The van der Waals surface area contributed by atoms with Gasteiger partial charge in [-0.3, -0.25) is 0 Å². The van der Waals surface area contributed by atoms with Crippen LogP contribution in [0.25, 0.3) is 0 Å². The molecule has 1 rings (SSSR count). The molecule has 0 aliphatic heterocycles. The summed E-state index contributed by atoms with van der Waals surface area (Å²) < 4.78 is 5.66. The first-order valence-corrected chi connectivity index (χ1v) is 6.90. The minimum absolute atomic E-state index is 0.0247. The topological polar surface area (TPSA) is 78.8 Å². The van der Waals surface area contributed by atoms with Crippen molar-refractivity contribution in [1.82, 2.24) is 5.32 Å². The first-order valence-electron chi connectivity index (χ1n) is 6.90. The molecule has 0 spiro atoms. The smallest absolute Gasteiger partial charge is 0.404 e. The van der Waals surface area contributed by atoms with Crippen LogP contribution < -0.4 is 10.1 Å². The van der Waals surface area contributed by atoms with E-state index in [1.807, 2.05) is 0 Å². The Morgan fingerprint density at radius 2 is 2.00 bits per heavy atom. The van der Waals surface area contributed by atoms with Gasteiger partial charge in [-0.2, -0.15) is 0 Å². The van der Waals surface area contributed by atoms with Gasteiger partial charge in [-0.05, 0) is 30.0 Å². The van der Waals surface area contributed by atoms with Crippen LogP contribution in [0.5, 0.6) is 5.75 Å². The van der Waals surface area contributed by atoms with Crippen LogP contribution >= 0.6 is 0 Å². The summed E-state index contributed by atoms with van der Waals surface area (Å²) in [6.07, 6.45) is 0.289. The molecule has 0 bridgehead atoms. The maximum absolute atomic E-state index is 10.3. The first-order chi connectivity index (χ1) is 9.52. The van der Waals surface area contributed by atoms with E-state index in [0.29, 0.717) is 18.1 Å². The van der Waals surface area contributed by atoms with E-state index in [9.17, 15) is 9.90 Å². The second kappa shape index (κ2) is 8.43. The van der Waals surface area contributed by atoms with E-state index in [2.05, 4.69) is 19.2 Å². The lowest BCUT2D eigenvalue weighted by atomic mass is 10.1. The fourth-order valence-corrected chi connectivity index (χ4v) is 1.90. The fraction of sp³-hybridized carbons (Fsp3) is 0.533. The summed E-state index contributed by atoms with van der Waals surface area (Å²) in [4.78, 5) is 10.3. The lowest BCUT2D eigenvalue weighted by Gasteiger charge is -2.14. The Hall–Kier alpha value is -1.75. The van der Waals surface area contributed by atoms with Gasteiger partial charge >= 0.3 is 6.09 Å². The van der Waals surface area contributed by atoms with E-state index in [4.69, 9.17) is 9.84 Å². The Balaban J connectivity index is 2.45. The van der Waals surface area contributed by atoms with E-state index in [0.717, 1.165) is 18.6 Å². The molecule has 20 heavy (non-hydrogen) atoms. The number of rotatable bonds is 8. The number of aliphatic hydroxyl groups is 1. The number of carboxylic acid groups (broad SMARTS) is 1. The van der Waals surface area contributed by atoms with E-state index >= 15 is 0 Å². The van der Waals surface area contributed by atoms with Crippen LogP contribution in [0.4, 0.5) is 4.79 Å². The van der Waals surface area contributed by atoms with Gasteiger partial charge in [0.25, 0.3) is 0 Å². The molecule has 1 unspecified atom stereocenters. The molecule has 0 fully saturated rings. The summed E-state index contributed by atoms with van der Waals surface area (Å²) in [5.41, 5.74) is 0.660. The van der Waals surface area contributed by atoms with Crippen molar-refractivity contribution in [3.8, 4) is 5.75 Å². The molecule has 2 atom stereocenters. The summed E-state index contributed by atoms with van der Waals surface area (Å²) in [6.45, 7) is 4.95. The van der Waals surface area contributed by atoms with Crippen molar-refractivity contribution in [2.45, 2.75) is 32.8 Å². The molecule has 0 aliphatic rings. The molecule has 5 nitrogen and oxygen atoms in total. The molecule has 0 saturated carbocycles. The Morgan fingerprint density at radius 1 is 1.35 bits per heavy atom.